The molecule has 0 bridgehead atoms. The maximum Gasteiger partial charge on any atom is 0.358 e. The number of carboxylic acids is 1. The molecule has 6 nitrogen and oxygen atoms in total. The maximum atomic E-state index is 11.1. The van der Waals surface area contributed by atoms with Gasteiger partial charge >= 0.3 is 5.97 Å². The van der Waals surface area contributed by atoms with Crippen molar-refractivity contribution in [3.05, 3.63) is 35.5 Å². The third-order valence-electron chi connectivity index (χ3n) is 2.56. The molecule has 18 heavy (non-hydrogen) atoms. The Morgan fingerprint density at radius 2 is 2.22 bits per heavy atom. The normalized spacial score (nSPS) is 11.7. The highest BCUT2D eigenvalue weighted by atomic mass is 16.4. The summed E-state index contributed by atoms with van der Waals surface area (Å²) in [6, 6.07) is 1.81. The lowest BCUT2D eigenvalue weighted by Gasteiger charge is -2.20. The summed E-state index contributed by atoms with van der Waals surface area (Å²) >= 11 is 0. The number of hydrogen-bond donors (Lipinski definition) is 1. The van der Waals surface area contributed by atoms with E-state index in [1.807, 2.05) is 26.8 Å². The van der Waals surface area contributed by atoms with Crippen LogP contribution in [0.4, 0.5) is 0 Å². The third kappa shape index (κ3) is 2.27. The Balaban J connectivity index is 2.45. The van der Waals surface area contributed by atoms with Gasteiger partial charge in [-0.1, -0.05) is 26.0 Å². The first-order valence-corrected chi connectivity index (χ1v) is 5.58. The van der Waals surface area contributed by atoms with Gasteiger partial charge in [0.25, 0.3) is 0 Å². The lowest BCUT2D eigenvalue weighted by molar-refractivity contribution is 0.0687. The molecule has 2 rings (SSSR count). The van der Waals surface area contributed by atoms with E-state index in [0.29, 0.717) is 12.2 Å². The lowest BCUT2D eigenvalue weighted by atomic mass is 9.90. The van der Waals surface area contributed by atoms with Gasteiger partial charge in [0.2, 0.25) is 0 Å². The molecule has 0 atom stereocenters. The molecule has 6 heteroatoms. The molecular formula is C12H15N3O3. The van der Waals surface area contributed by atoms with Gasteiger partial charge in [-0.15, -0.1) is 5.10 Å². The van der Waals surface area contributed by atoms with Crippen LogP contribution in [-0.2, 0) is 12.0 Å². The van der Waals surface area contributed by atoms with Gasteiger partial charge in [0.15, 0.2) is 5.69 Å². The van der Waals surface area contributed by atoms with Gasteiger partial charge in [0, 0.05) is 11.0 Å². The van der Waals surface area contributed by atoms with Crippen LogP contribution < -0.4 is 0 Å². The predicted molar refractivity (Wildman–Crippen MR) is 63.5 cm³/mol. The zero-order valence-electron chi connectivity index (χ0n) is 10.5. The Hall–Kier alpha value is -2.11. The highest BCUT2D eigenvalue weighted by molar-refractivity contribution is 5.86. The van der Waals surface area contributed by atoms with Gasteiger partial charge < -0.3 is 9.52 Å². The second-order valence-corrected chi connectivity index (χ2v) is 5.13. The molecule has 0 unspecified atom stereocenters. The monoisotopic (exact) mass is 249 g/mol. The number of carboxylic acid groups (broad SMARTS) is 1. The van der Waals surface area contributed by atoms with Gasteiger partial charge in [-0.3, -0.25) is 0 Å². The summed E-state index contributed by atoms with van der Waals surface area (Å²) in [5, 5.41) is 16.8. The first kappa shape index (κ1) is 12.3. The Morgan fingerprint density at radius 1 is 1.50 bits per heavy atom. The molecule has 0 aliphatic rings. The third-order valence-corrected chi connectivity index (χ3v) is 2.56. The Kier molecular flexibility index (Phi) is 2.94. The summed E-state index contributed by atoms with van der Waals surface area (Å²) in [6.45, 7) is 6.25. The van der Waals surface area contributed by atoms with Crippen LogP contribution in [0.25, 0.3) is 0 Å². The quantitative estimate of drug-likeness (QED) is 0.898. The maximum absolute atomic E-state index is 11.1. The Bertz CT molecular complexity index is 550. The van der Waals surface area contributed by atoms with Crippen LogP contribution in [-0.4, -0.2) is 26.1 Å². The van der Waals surface area contributed by atoms with Crippen molar-refractivity contribution >= 4 is 5.97 Å². The first-order chi connectivity index (χ1) is 8.39. The average molecular weight is 249 g/mol. The second-order valence-electron chi connectivity index (χ2n) is 5.13. The molecule has 2 heterocycles. The number of furan rings is 1. The van der Waals surface area contributed by atoms with E-state index in [0.717, 1.165) is 5.56 Å². The standard InChI is InChI=1S/C12H15N3O3/c1-12(2,3)10-9(11(16)17)13-14-15(10)6-8-4-5-18-7-8/h4-5,7H,6H2,1-3H3,(H,16,17). The molecule has 0 amide bonds. The van der Waals surface area contributed by atoms with Crippen molar-refractivity contribution in [3.63, 3.8) is 0 Å². The molecule has 0 aliphatic carbocycles. The van der Waals surface area contributed by atoms with Crippen molar-refractivity contribution < 1.29 is 14.3 Å². The highest BCUT2D eigenvalue weighted by Gasteiger charge is 2.28. The van der Waals surface area contributed by atoms with Crippen molar-refractivity contribution in [2.24, 2.45) is 0 Å². The number of aromatic nitrogens is 3. The first-order valence-electron chi connectivity index (χ1n) is 5.58. The van der Waals surface area contributed by atoms with Crippen LogP contribution in [0.1, 0.15) is 42.5 Å². The van der Waals surface area contributed by atoms with Gasteiger partial charge in [0.1, 0.15) is 0 Å². The fourth-order valence-corrected chi connectivity index (χ4v) is 1.87. The van der Waals surface area contributed by atoms with Crippen molar-refractivity contribution in [1.29, 1.82) is 0 Å². The van der Waals surface area contributed by atoms with Crippen LogP contribution in [0.15, 0.2) is 23.0 Å². The minimum Gasteiger partial charge on any atom is -0.476 e. The van der Waals surface area contributed by atoms with Crippen LogP contribution >= 0.6 is 0 Å². The van der Waals surface area contributed by atoms with Crippen molar-refractivity contribution in [2.75, 3.05) is 0 Å². The fourth-order valence-electron chi connectivity index (χ4n) is 1.87. The molecule has 96 valence electrons. The molecule has 0 saturated heterocycles. The van der Waals surface area contributed by atoms with E-state index < -0.39 is 5.97 Å². The van der Waals surface area contributed by atoms with Crippen LogP contribution in [0.5, 0.6) is 0 Å². The minimum atomic E-state index is -1.06. The van der Waals surface area contributed by atoms with E-state index in [9.17, 15) is 4.79 Å². The van der Waals surface area contributed by atoms with Crippen LogP contribution in [0, 0.1) is 0 Å². The minimum absolute atomic E-state index is 0.00555. The molecule has 0 fully saturated rings. The molecule has 2 aromatic heterocycles. The summed E-state index contributed by atoms with van der Waals surface area (Å²) in [4.78, 5) is 11.1. The Labute approximate surface area is 104 Å². The molecule has 1 N–H and O–H groups in total. The predicted octanol–water partition coefficient (Wildman–Crippen LogP) is 1.92. The molecule has 0 aliphatic heterocycles. The molecule has 0 aromatic carbocycles. The number of aromatic carboxylic acids is 1. The number of hydrogen-bond acceptors (Lipinski definition) is 4. The topological polar surface area (TPSA) is 81.1 Å². The summed E-state index contributed by atoms with van der Waals surface area (Å²) in [7, 11) is 0. The van der Waals surface area contributed by atoms with Crippen LogP contribution in [0.3, 0.4) is 0 Å². The average Bonchev–Trinajstić information content (AvgIpc) is 2.85. The SMILES string of the molecule is CC(C)(C)c1c(C(=O)O)nnn1Cc1ccoc1. The molecular weight excluding hydrogens is 234 g/mol. The molecule has 2 aromatic rings. The summed E-state index contributed by atoms with van der Waals surface area (Å²) in [6.07, 6.45) is 3.18. The second kappa shape index (κ2) is 4.29. The van der Waals surface area contributed by atoms with Gasteiger partial charge in [-0.25, -0.2) is 9.48 Å². The van der Waals surface area contributed by atoms with Crippen molar-refractivity contribution in [3.8, 4) is 0 Å². The molecule has 0 saturated carbocycles. The fraction of sp³-hybridized carbons (Fsp3) is 0.417. The zero-order valence-corrected chi connectivity index (χ0v) is 10.5. The number of carbonyl (C=O) groups is 1. The summed E-state index contributed by atoms with van der Waals surface area (Å²) in [5.41, 5.74) is 1.19. The van der Waals surface area contributed by atoms with Gasteiger partial charge in [-0.05, 0) is 6.07 Å². The van der Waals surface area contributed by atoms with Gasteiger partial charge in [0.05, 0.1) is 24.8 Å². The summed E-state index contributed by atoms with van der Waals surface area (Å²) in [5.74, 6) is -1.06. The van der Waals surface area contributed by atoms with E-state index in [1.54, 1.807) is 17.2 Å². The molecule has 0 radical (unpaired) electrons. The smallest absolute Gasteiger partial charge is 0.358 e. The van der Waals surface area contributed by atoms with Crippen LogP contribution in [0.2, 0.25) is 0 Å². The van der Waals surface area contributed by atoms with E-state index in [-0.39, 0.29) is 11.1 Å². The van der Waals surface area contributed by atoms with E-state index in [2.05, 4.69) is 10.3 Å². The highest BCUT2D eigenvalue weighted by Crippen LogP contribution is 2.25. The summed E-state index contributed by atoms with van der Waals surface area (Å²) < 4.78 is 6.59. The van der Waals surface area contributed by atoms with E-state index in [1.165, 1.54) is 0 Å². The van der Waals surface area contributed by atoms with E-state index >= 15 is 0 Å². The molecule has 0 spiro atoms. The zero-order chi connectivity index (χ0) is 13.3. The lowest BCUT2D eigenvalue weighted by Crippen LogP contribution is -2.22. The Morgan fingerprint density at radius 3 is 2.72 bits per heavy atom. The van der Waals surface area contributed by atoms with Gasteiger partial charge in [-0.2, -0.15) is 0 Å². The van der Waals surface area contributed by atoms with E-state index in [4.69, 9.17) is 9.52 Å². The van der Waals surface area contributed by atoms with Crippen molar-refractivity contribution in [1.82, 2.24) is 15.0 Å². The van der Waals surface area contributed by atoms with Crippen molar-refractivity contribution in [2.45, 2.75) is 32.7 Å². The number of rotatable bonds is 3. The number of nitrogens with zero attached hydrogens (tertiary/aromatic N) is 3. The largest absolute Gasteiger partial charge is 0.476 e.